The van der Waals surface area contributed by atoms with E-state index in [-0.39, 0.29) is 20.5 Å². The maximum absolute atomic E-state index is 13.6. The van der Waals surface area contributed by atoms with E-state index in [1.165, 1.54) is 53.4 Å². The van der Waals surface area contributed by atoms with Gasteiger partial charge in [0.2, 0.25) is 10.0 Å². The molecule has 0 spiro atoms. The fourth-order valence-electron chi connectivity index (χ4n) is 3.60. The number of sulfonamides is 1. The van der Waals surface area contributed by atoms with Crippen molar-refractivity contribution >= 4 is 77.3 Å². The van der Waals surface area contributed by atoms with Crippen molar-refractivity contribution in [3.05, 3.63) is 87.5 Å². The highest BCUT2D eigenvalue weighted by molar-refractivity contribution is 9.10. The average molecular weight is 573 g/mol. The first-order chi connectivity index (χ1) is 16.6. The first kappa shape index (κ1) is 23.4. The Bertz CT molecular complexity index is 1570. The van der Waals surface area contributed by atoms with Crippen molar-refractivity contribution in [1.82, 2.24) is 0 Å². The Morgan fingerprint density at radius 2 is 1.69 bits per heavy atom. The number of anilines is 2. The zero-order chi connectivity index (χ0) is 24.9. The molecule has 0 aliphatic carbocycles. The van der Waals surface area contributed by atoms with Crippen molar-refractivity contribution in [2.45, 2.75) is 4.90 Å². The Morgan fingerprint density at radius 1 is 1.00 bits per heavy atom. The maximum Gasteiger partial charge on any atom is 0.272 e. The minimum Gasteiger partial charge on any atom is -0.321 e. The molecule has 2 aliphatic heterocycles. The second-order valence-corrected chi connectivity index (χ2v) is 11.0. The highest BCUT2D eigenvalue weighted by Gasteiger charge is 2.41. The van der Waals surface area contributed by atoms with Gasteiger partial charge in [-0.2, -0.15) is 0 Å². The van der Waals surface area contributed by atoms with E-state index >= 15 is 0 Å². The number of thioether (sulfide) groups is 1. The molecule has 35 heavy (non-hydrogen) atoms. The van der Waals surface area contributed by atoms with Crippen LogP contribution in [0.3, 0.4) is 0 Å². The van der Waals surface area contributed by atoms with Gasteiger partial charge in [-0.1, -0.05) is 15.9 Å². The summed E-state index contributed by atoms with van der Waals surface area (Å²) in [5.74, 6) is -1.40. The molecule has 0 aromatic heterocycles. The van der Waals surface area contributed by atoms with Crippen LogP contribution < -0.4 is 15.4 Å². The number of nitrogens with one attached hydrogen (secondary N) is 1. The summed E-state index contributed by atoms with van der Waals surface area (Å²) >= 11 is 4.39. The number of carbonyl (C=O) groups excluding carboxylic acids is 2. The van der Waals surface area contributed by atoms with Gasteiger partial charge in [0.05, 0.1) is 26.7 Å². The maximum atomic E-state index is 13.6. The van der Waals surface area contributed by atoms with E-state index < -0.39 is 27.7 Å². The normalized spacial score (nSPS) is 18.8. The molecular weight excluding hydrogens is 559 g/mol. The molecule has 0 radical (unpaired) electrons. The second kappa shape index (κ2) is 8.72. The summed E-state index contributed by atoms with van der Waals surface area (Å²) in [6, 6.07) is 16.0. The van der Waals surface area contributed by atoms with Crippen LogP contribution in [0.5, 0.6) is 0 Å². The molecule has 1 saturated heterocycles. The van der Waals surface area contributed by atoms with E-state index in [1.807, 2.05) is 0 Å². The first-order valence-corrected chi connectivity index (χ1v) is 13.1. The van der Waals surface area contributed by atoms with E-state index in [4.69, 9.17) is 5.14 Å². The summed E-state index contributed by atoms with van der Waals surface area (Å²) in [4.78, 5) is 32.3. The molecule has 1 fully saturated rings. The standard InChI is InChI=1S/C23H14BrFN4O4S2/c24-12-1-10-18-17(11-12)19(21(30)28-18)20-22(31)29(15-6-2-13(25)3-7-15)23(34-20)27-14-4-8-16(9-5-14)35(26,32)33/h1-11H,(H,28,30)(H2,26,32,33)/b20-19-,27-23-. The molecule has 0 bridgehead atoms. The van der Waals surface area contributed by atoms with Gasteiger partial charge in [0, 0.05) is 15.7 Å². The average Bonchev–Trinajstić information content (AvgIpc) is 3.29. The van der Waals surface area contributed by atoms with Gasteiger partial charge >= 0.3 is 0 Å². The van der Waals surface area contributed by atoms with Crippen molar-refractivity contribution in [3.8, 4) is 0 Å². The molecular formula is C23H14BrFN4O4S2. The largest absolute Gasteiger partial charge is 0.321 e. The van der Waals surface area contributed by atoms with Crippen LogP contribution >= 0.6 is 27.7 Å². The number of hydrogen-bond donors (Lipinski definition) is 2. The highest BCUT2D eigenvalue weighted by atomic mass is 79.9. The van der Waals surface area contributed by atoms with Gasteiger partial charge in [-0.25, -0.2) is 22.9 Å². The van der Waals surface area contributed by atoms with Crippen molar-refractivity contribution in [2.75, 3.05) is 10.2 Å². The Morgan fingerprint density at radius 3 is 2.34 bits per heavy atom. The molecule has 0 atom stereocenters. The Hall–Kier alpha value is -3.32. The van der Waals surface area contributed by atoms with Gasteiger partial charge in [0.15, 0.2) is 5.17 Å². The van der Waals surface area contributed by atoms with Gasteiger partial charge in [-0.05, 0) is 78.5 Å². The summed E-state index contributed by atoms with van der Waals surface area (Å²) < 4.78 is 37.4. The molecule has 12 heteroatoms. The summed E-state index contributed by atoms with van der Waals surface area (Å²) in [6.07, 6.45) is 0. The highest BCUT2D eigenvalue weighted by Crippen LogP contribution is 2.44. The van der Waals surface area contributed by atoms with Crippen LogP contribution in [0.25, 0.3) is 5.57 Å². The number of amidine groups is 1. The topological polar surface area (TPSA) is 122 Å². The van der Waals surface area contributed by atoms with Crippen molar-refractivity contribution in [1.29, 1.82) is 0 Å². The minimum absolute atomic E-state index is 0.0837. The number of primary sulfonamides is 1. The summed E-state index contributed by atoms with van der Waals surface area (Å²) in [5.41, 5.74) is 2.06. The molecule has 3 N–H and O–H groups in total. The molecule has 5 rings (SSSR count). The fourth-order valence-corrected chi connectivity index (χ4v) is 5.58. The number of aliphatic imine (C=N–C) groups is 1. The fraction of sp³-hybridized carbons (Fsp3) is 0. The molecule has 2 heterocycles. The Kier molecular flexibility index (Phi) is 5.83. The van der Waals surface area contributed by atoms with E-state index in [0.29, 0.717) is 22.6 Å². The van der Waals surface area contributed by atoms with Crippen molar-refractivity contribution in [3.63, 3.8) is 0 Å². The monoisotopic (exact) mass is 572 g/mol. The SMILES string of the molecule is NS(=O)(=O)c1ccc(/N=C2\S/C(=C3\C(=O)Nc4ccc(Br)cc43)C(=O)N2c2ccc(F)cc2)cc1. The number of rotatable bonds is 3. The molecule has 0 saturated carbocycles. The third kappa shape index (κ3) is 4.41. The third-order valence-corrected chi connectivity index (χ3v) is 7.67. The van der Waals surface area contributed by atoms with E-state index in [1.54, 1.807) is 18.2 Å². The zero-order valence-electron chi connectivity index (χ0n) is 17.5. The number of fused-ring (bicyclic) bond motifs is 1. The molecule has 3 aromatic rings. The number of halogens is 2. The quantitative estimate of drug-likeness (QED) is 0.451. The number of amides is 2. The van der Waals surface area contributed by atoms with Crippen LogP contribution in [0, 0.1) is 5.82 Å². The predicted octanol–water partition coefficient (Wildman–Crippen LogP) is 4.37. The lowest BCUT2D eigenvalue weighted by Crippen LogP contribution is -2.29. The molecule has 8 nitrogen and oxygen atoms in total. The lowest BCUT2D eigenvalue weighted by atomic mass is 10.1. The van der Waals surface area contributed by atoms with Crippen LogP contribution in [-0.2, 0) is 19.6 Å². The number of hydrogen-bond acceptors (Lipinski definition) is 6. The summed E-state index contributed by atoms with van der Waals surface area (Å²) in [7, 11) is -3.88. The lowest BCUT2D eigenvalue weighted by Gasteiger charge is -2.15. The summed E-state index contributed by atoms with van der Waals surface area (Å²) in [6.45, 7) is 0. The number of nitrogens with two attached hydrogens (primary N) is 1. The van der Waals surface area contributed by atoms with Gasteiger partial charge in [-0.15, -0.1) is 0 Å². The predicted molar refractivity (Wildman–Crippen MR) is 136 cm³/mol. The van der Waals surface area contributed by atoms with Crippen LogP contribution in [0.15, 0.2) is 86.0 Å². The van der Waals surface area contributed by atoms with Crippen molar-refractivity contribution < 1.29 is 22.4 Å². The number of nitrogens with zero attached hydrogens (tertiary/aromatic N) is 2. The van der Waals surface area contributed by atoms with Crippen molar-refractivity contribution in [2.24, 2.45) is 10.1 Å². The lowest BCUT2D eigenvalue weighted by molar-refractivity contribution is -0.114. The van der Waals surface area contributed by atoms with Gasteiger partial charge in [-0.3, -0.25) is 14.5 Å². The van der Waals surface area contributed by atoms with Crippen LogP contribution in [-0.4, -0.2) is 25.4 Å². The van der Waals surface area contributed by atoms with E-state index in [9.17, 15) is 22.4 Å². The molecule has 176 valence electrons. The third-order valence-electron chi connectivity index (χ3n) is 5.21. The molecule has 3 aromatic carbocycles. The second-order valence-electron chi connectivity index (χ2n) is 7.50. The van der Waals surface area contributed by atoms with Crippen LogP contribution in [0.1, 0.15) is 5.56 Å². The van der Waals surface area contributed by atoms with Gasteiger partial charge < -0.3 is 5.32 Å². The van der Waals surface area contributed by atoms with Gasteiger partial charge in [0.1, 0.15) is 5.82 Å². The number of carbonyl (C=O) groups is 2. The number of benzene rings is 3. The summed E-state index contributed by atoms with van der Waals surface area (Å²) in [5, 5.41) is 8.12. The van der Waals surface area contributed by atoms with E-state index in [0.717, 1.165) is 16.2 Å². The van der Waals surface area contributed by atoms with Crippen LogP contribution in [0.4, 0.5) is 21.5 Å². The Labute approximate surface area is 211 Å². The zero-order valence-corrected chi connectivity index (χ0v) is 20.7. The van der Waals surface area contributed by atoms with Gasteiger partial charge in [0.25, 0.3) is 11.8 Å². The smallest absolute Gasteiger partial charge is 0.272 e. The minimum atomic E-state index is -3.88. The van der Waals surface area contributed by atoms with E-state index in [2.05, 4.69) is 26.2 Å². The molecule has 2 amide bonds. The van der Waals surface area contributed by atoms with Crippen LogP contribution in [0.2, 0.25) is 0 Å². The first-order valence-electron chi connectivity index (χ1n) is 9.97. The Balaban J connectivity index is 1.65. The molecule has 0 unspecified atom stereocenters. The molecule has 2 aliphatic rings.